The topological polar surface area (TPSA) is 150 Å². The first-order valence-corrected chi connectivity index (χ1v) is 8.13. The summed E-state index contributed by atoms with van der Waals surface area (Å²) >= 11 is 0. The molecule has 0 bridgehead atoms. The lowest BCUT2D eigenvalue weighted by Crippen LogP contribution is -2.08. The molecule has 0 aliphatic rings. The second-order valence-corrected chi connectivity index (χ2v) is 5.73. The van der Waals surface area contributed by atoms with Gasteiger partial charge in [0.25, 0.3) is 11.4 Å². The molecule has 28 heavy (non-hydrogen) atoms. The summed E-state index contributed by atoms with van der Waals surface area (Å²) in [5, 5.41) is 24.6. The summed E-state index contributed by atoms with van der Waals surface area (Å²) < 4.78 is 0. The van der Waals surface area contributed by atoms with E-state index < -0.39 is 21.3 Å². The molecular weight excluding hydrogens is 370 g/mol. The zero-order valence-corrected chi connectivity index (χ0v) is 14.5. The van der Waals surface area contributed by atoms with Gasteiger partial charge in [-0.25, -0.2) is 0 Å². The molecule has 10 nitrogen and oxygen atoms in total. The third kappa shape index (κ3) is 5.04. The van der Waals surface area contributed by atoms with Crippen LogP contribution in [-0.4, -0.2) is 34.2 Å². The first-order valence-electron chi connectivity index (χ1n) is 8.13. The van der Waals surface area contributed by atoms with E-state index in [1.54, 1.807) is 0 Å². The minimum Gasteiger partial charge on any atom is -0.379 e. The largest absolute Gasteiger partial charge is 0.379 e. The molecule has 0 aromatic heterocycles. The lowest BCUT2D eigenvalue weighted by Gasteiger charge is -2.07. The molecule has 0 saturated carbocycles. The third-order valence-electron chi connectivity index (χ3n) is 3.88. The number of benzene rings is 2. The normalized spacial score (nSPS) is 10.1. The number of nitro benzene ring substituents is 2. The van der Waals surface area contributed by atoms with Gasteiger partial charge in [0.1, 0.15) is 5.69 Å². The average Bonchev–Trinajstić information content (AvgIpc) is 2.70. The fourth-order valence-electron chi connectivity index (χ4n) is 2.44. The van der Waals surface area contributed by atoms with Crippen LogP contribution < -0.4 is 5.32 Å². The number of ketones is 2. The Hall–Kier alpha value is -3.95. The van der Waals surface area contributed by atoms with Crippen LogP contribution in [-0.2, 0) is 4.79 Å². The molecule has 144 valence electrons. The predicted molar refractivity (Wildman–Crippen MR) is 98.6 cm³/mol. The summed E-state index contributed by atoms with van der Waals surface area (Å²) in [5.41, 5.74) is -0.109. The van der Waals surface area contributed by atoms with E-state index in [2.05, 4.69) is 5.32 Å². The quantitative estimate of drug-likeness (QED) is 0.164. The molecule has 0 fully saturated rings. The summed E-state index contributed by atoms with van der Waals surface area (Å²) in [4.78, 5) is 54.1. The van der Waals surface area contributed by atoms with Crippen LogP contribution in [0.2, 0.25) is 0 Å². The highest BCUT2D eigenvalue weighted by Crippen LogP contribution is 2.28. The van der Waals surface area contributed by atoms with E-state index in [0.29, 0.717) is 12.0 Å². The van der Waals surface area contributed by atoms with Crippen molar-refractivity contribution in [2.75, 3.05) is 11.9 Å². The van der Waals surface area contributed by atoms with Gasteiger partial charge in [-0.3, -0.25) is 34.6 Å². The number of Topliss-reactive ketones (excluding diaryl/α,β-unsaturated/α-hetero) is 2. The number of rotatable bonds is 10. The molecule has 0 aliphatic heterocycles. The van der Waals surface area contributed by atoms with Gasteiger partial charge in [0.15, 0.2) is 12.1 Å². The predicted octanol–water partition coefficient (Wildman–Crippen LogP) is 2.96. The van der Waals surface area contributed by atoms with E-state index in [4.69, 9.17) is 0 Å². The summed E-state index contributed by atoms with van der Waals surface area (Å²) in [6, 6.07) is 8.96. The van der Waals surface area contributed by atoms with Gasteiger partial charge in [0.2, 0.25) is 5.78 Å². The molecule has 0 radical (unpaired) electrons. The molecule has 0 heterocycles. The van der Waals surface area contributed by atoms with Crippen LogP contribution in [0, 0.1) is 20.2 Å². The van der Waals surface area contributed by atoms with Crippen LogP contribution in [0.25, 0.3) is 0 Å². The highest BCUT2D eigenvalue weighted by Gasteiger charge is 2.19. The van der Waals surface area contributed by atoms with Crippen LogP contribution >= 0.6 is 0 Å². The minimum absolute atomic E-state index is 0.125. The van der Waals surface area contributed by atoms with Crippen LogP contribution in [0.4, 0.5) is 17.1 Å². The standard InChI is InChI=1S/C18H15N3O7/c22-11-18(24)13-5-3-12(4-6-13)17(23)2-1-9-19-15-8-7-14(20(25)26)10-16(15)21(27)28/h3-8,10-11,19H,1-2,9H2. The molecule has 0 amide bonds. The van der Waals surface area contributed by atoms with Crippen LogP contribution in [0.5, 0.6) is 0 Å². The zero-order chi connectivity index (χ0) is 20.7. The Morgan fingerprint density at radius 1 is 0.964 bits per heavy atom. The van der Waals surface area contributed by atoms with E-state index in [-0.39, 0.29) is 42.0 Å². The molecular formula is C18H15N3O7. The number of anilines is 1. The van der Waals surface area contributed by atoms with E-state index in [1.165, 1.54) is 30.3 Å². The lowest BCUT2D eigenvalue weighted by molar-refractivity contribution is -0.393. The molecule has 0 aliphatic carbocycles. The molecule has 0 spiro atoms. The average molecular weight is 385 g/mol. The van der Waals surface area contributed by atoms with E-state index in [9.17, 15) is 34.6 Å². The number of nitrogens with one attached hydrogen (secondary N) is 1. The van der Waals surface area contributed by atoms with Crippen molar-refractivity contribution in [3.63, 3.8) is 0 Å². The summed E-state index contributed by atoms with van der Waals surface area (Å²) in [6.45, 7) is 0.242. The molecule has 0 atom stereocenters. The number of nitro groups is 2. The second-order valence-electron chi connectivity index (χ2n) is 5.73. The molecule has 2 aromatic rings. The van der Waals surface area contributed by atoms with Crippen molar-refractivity contribution in [3.05, 3.63) is 73.8 Å². The van der Waals surface area contributed by atoms with Crippen molar-refractivity contribution in [2.45, 2.75) is 12.8 Å². The number of hydrogen-bond donors (Lipinski definition) is 1. The highest BCUT2D eigenvalue weighted by atomic mass is 16.6. The van der Waals surface area contributed by atoms with Gasteiger partial charge >= 0.3 is 0 Å². The summed E-state index contributed by atoms with van der Waals surface area (Å²) in [6.07, 6.45) is 0.705. The summed E-state index contributed by atoms with van der Waals surface area (Å²) in [7, 11) is 0. The fraction of sp³-hybridized carbons (Fsp3) is 0.167. The Labute approximate surface area is 158 Å². The van der Waals surface area contributed by atoms with Crippen LogP contribution in [0.15, 0.2) is 42.5 Å². The maximum Gasteiger partial charge on any atom is 0.299 e. The fourth-order valence-corrected chi connectivity index (χ4v) is 2.44. The van der Waals surface area contributed by atoms with Gasteiger partial charge in [0, 0.05) is 30.2 Å². The Morgan fingerprint density at radius 3 is 2.18 bits per heavy atom. The third-order valence-corrected chi connectivity index (χ3v) is 3.88. The van der Waals surface area contributed by atoms with Crippen molar-refractivity contribution >= 4 is 34.9 Å². The molecule has 0 unspecified atom stereocenters. The van der Waals surface area contributed by atoms with Crippen LogP contribution in [0.3, 0.4) is 0 Å². The van der Waals surface area contributed by atoms with E-state index in [0.717, 1.165) is 12.1 Å². The van der Waals surface area contributed by atoms with Gasteiger partial charge in [0.05, 0.1) is 15.9 Å². The zero-order valence-electron chi connectivity index (χ0n) is 14.5. The Bertz CT molecular complexity index is 939. The van der Waals surface area contributed by atoms with Crippen molar-refractivity contribution in [1.82, 2.24) is 0 Å². The second kappa shape index (κ2) is 9.12. The minimum atomic E-state index is -0.720. The Kier molecular flexibility index (Phi) is 6.63. The first kappa shape index (κ1) is 20.4. The number of non-ortho nitro benzene ring substituents is 1. The number of hydrogen-bond acceptors (Lipinski definition) is 8. The maximum atomic E-state index is 12.1. The molecule has 1 N–H and O–H groups in total. The lowest BCUT2D eigenvalue weighted by atomic mass is 10.0. The smallest absolute Gasteiger partial charge is 0.299 e. The Morgan fingerprint density at radius 2 is 1.61 bits per heavy atom. The maximum absolute atomic E-state index is 12.1. The number of carbonyl (C=O) groups excluding carboxylic acids is 3. The highest BCUT2D eigenvalue weighted by molar-refractivity contribution is 6.33. The van der Waals surface area contributed by atoms with Crippen molar-refractivity contribution in [3.8, 4) is 0 Å². The number of aldehydes is 1. The van der Waals surface area contributed by atoms with E-state index in [1.807, 2.05) is 0 Å². The van der Waals surface area contributed by atoms with Crippen molar-refractivity contribution in [2.24, 2.45) is 0 Å². The van der Waals surface area contributed by atoms with Gasteiger partial charge in [-0.05, 0) is 12.5 Å². The number of nitrogens with zero attached hydrogens (tertiary/aromatic N) is 2. The Balaban J connectivity index is 1.92. The first-order chi connectivity index (χ1) is 13.3. The van der Waals surface area contributed by atoms with Crippen molar-refractivity contribution < 1.29 is 24.2 Å². The van der Waals surface area contributed by atoms with Crippen LogP contribution in [0.1, 0.15) is 33.6 Å². The van der Waals surface area contributed by atoms with Crippen molar-refractivity contribution in [1.29, 1.82) is 0 Å². The number of carbonyl (C=O) groups is 3. The van der Waals surface area contributed by atoms with E-state index >= 15 is 0 Å². The van der Waals surface area contributed by atoms with Gasteiger partial charge in [-0.15, -0.1) is 0 Å². The van der Waals surface area contributed by atoms with Gasteiger partial charge in [-0.1, -0.05) is 24.3 Å². The molecule has 0 saturated heterocycles. The monoisotopic (exact) mass is 385 g/mol. The molecule has 10 heteroatoms. The SMILES string of the molecule is O=CC(=O)c1ccc(C(=O)CCCNc2ccc([N+](=O)[O-])cc2[N+](=O)[O-])cc1. The van der Waals surface area contributed by atoms with Gasteiger partial charge in [-0.2, -0.15) is 0 Å². The molecule has 2 aromatic carbocycles. The summed E-state index contributed by atoms with van der Waals surface area (Å²) in [5.74, 6) is -0.863. The van der Waals surface area contributed by atoms with Gasteiger partial charge < -0.3 is 5.32 Å². The molecule has 2 rings (SSSR count).